The molecule has 0 radical (unpaired) electrons. The topological polar surface area (TPSA) is 58.6 Å². The Bertz CT molecular complexity index is 893. The standard InChI is InChI=1S/C24H28N2O3/c27-23(17-29-22-12-11-18-6-1-2-7-19(18)14-22)25-15-20-8-3-4-9-21(20)16-26-13-5-10-24(26)28/h3-4,8-9,11-12,14H,1-2,5-7,10,13,15-17H2,(H,25,27). The number of carbonyl (C=O) groups is 2. The van der Waals surface area contributed by atoms with Gasteiger partial charge in [0.1, 0.15) is 5.75 Å². The lowest BCUT2D eigenvalue weighted by atomic mass is 9.92. The van der Waals surface area contributed by atoms with Crippen LogP contribution < -0.4 is 10.1 Å². The SMILES string of the molecule is O=C(COc1ccc2c(c1)CCCC2)NCc1ccccc1CN1CCCC1=O. The lowest BCUT2D eigenvalue weighted by Gasteiger charge is -2.18. The van der Waals surface area contributed by atoms with E-state index in [-0.39, 0.29) is 18.4 Å². The number of amides is 2. The van der Waals surface area contributed by atoms with Gasteiger partial charge in [0.25, 0.3) is 5.91 Å². The van der Waals surface area contributed by atoms with E-state index in [4.69, 9.17) is 4.74 Å². The summed E-state index contributed by atoms with van der Waals surface area (Å²) in [6.45, 7) is 1.86. The van der Waals surface area contributed by atoms with Gasteiger partial charge >= 0.3 is 0 Å². The molecule has 2 amide bonds. The van der Waals surface area contributed by atoms with Crippen molar-refractivity contribution in [3.63, 3.8) is 0 Å². The van der Waals surface area contributed by atoms with Gasteiger partial charge in [-0.2, -0.15) is 0 Å². The number of benzene rings is 2. The van der Waals surface area contributed by atoms with Gasteiger partial charge < -0.3 is 15.0 Å². The molecule has 1 saturated heterocycles. The van der Waals surface area contributed by atoms with Crippen LogP contribution in [0.4, 0.5) is 0 Å². The minimum atomic E-state index is -0.144. The molecule has 1 N–H and O–H groups in total. The highest BCUT2D eigenvalue weighted by molar-refractivity contribution is 5.78. The van der Waals surface area contributed by atoms with Gasteiger partial charge in [0.15, 0.2) is 6.61 Å². The van der Waals surface area contributed by atoms with Gasteiger partial charge in [0.05, 0.1) is 0 Å². The van der Waals surface area contributed by atoms with Crippen molar-refractivity contribution in [2.24, 2.45) is 0 Å². The summed E-state index contributed by atoms with van der Waals surface area (Å²) >= 11 is 0. The Kier molecular flexibility index (Phi) is 6.13. The van der Waals surface area contributed by atoms with E-state index in [9.17, 15) is 9.59 Å². The first-order chi connectivity index (χ1) is 14.2. The van der Waals surface area contributed by atoms with Gasteiger partial charge in [-0.25, -0.2) is 0 Å². The fourth-order valence-electron chi connectivity index (χ4n) is 4.15. The summed E-state index contributed by atoms with van der Waals surface area (Å²) < 4.78 is 5.71. The zero-order valence-electron chi connectivity index (χ0n) is 16.8. The molecule has 0 bridgehead atoms. The number of hydrogen-bond acceptors (Lipinski definition) is 3. The average molecular weight is 392 g/mol. The van der Waals surface area contributed by atoms with Crippen LogP contribution in [0.15, 0.2) is 42.5 Å². The van der Waals surface area contributed by atoms with E-state index in [1.807, 2.05) is 35.2 Å². The predicted octanol–water partition coefficient (Wildman–Crippen LogP) is 3.38. The van der Waals surface area contributed by atoms with Crippen molar-refractivity contribution in [2.75, 3.05) is 13.2 Å². The molecule has 0 unspecified atom stereocenters. The second kappa shape index (κ2) is 9.12. The van der Waals surface area contributed by atoms with Gasteiger partial charge in [0, 0.05) is 26.1 Å². The minimum Gasteiger partial charge on any atom is -0.484 e. The maximum absolute atomic E-state index is 12.3. The van der Waals surface area contributed by atoms with Crippen LogP contribution >= 0.6 is 0 Å². The molecule has 0 saturated carbocycles. The Morgan fingerprint density at radius 1 is 0.966 bits per heavy atom. The van der Waals surface area contributed by atoms with Crippen molar-refractivity contribution in [2.45, 2.75) is 51.6 Å². The highest BCUT2D eigenvalue weighted by Crippen LogP contribution is 2.25. The Labute approximate surface area is 172 Å². The molecule has 1 aliphatic heterocycles. The maximum atomic E-state index is 12.3. The van der Waals surface area contributed by atoms with Crippen molar-refractivity contribution in [3.8, 4) is 5.75 Å². The third-order valence-corrected chi connectivity index (χ3v) is 5.82. The van der Waals surface area contributed by atoms with E-state index in [1.54, 1.807) is 0 Å². The number of nitrogens with one attached hydrogen (secondary N) is 1. The second-order valence-electron chi connectivity index (χ2n) is 7.89. The molecule has 29 heavy (non-hydrogen) atoms. The van der Waals surface area contributed by atoms with Gasteiger partial charge in [-0.3, -0.25) is 9.59 Å². The molecule has 0 aromatic heterocycles. The number of hydrogen-bond donors (Lipinski definition) is 1. The van der Waals surface area contributed by atoms with Crippen molar-refractivity contribution in [3.05, 3.63) is 64.7 Å². The van der Waals surface area contributed by atoms with Crippen LogP contribution in [-0.4, -0.2) is 29.9 Å². The van der Waals surface area contributed by atoms with E-state index in [2.05, 4.69) is 17.4 Å². The first-order valence-corrected chi connectivity index (χ1v) is 10.5. The number of aryl methyl sites for hydroxylation is 2. The number of rotatable bonds is 7. The maximum Gasteiger partial charge on any atom is 0.258 e. The Morgan fingerprint density at radius 2 is 1.76 bits per heavy atom. The normalized spacial score (nSPS) is 15.9. The average Bonchev–Trinajstić information content (AvgIpc) is 3.16. The van der Waals surface area contributed by atoms with Crippen molar-refractivity contribution >= 4 is 11.8 Å². The zero-order valence-corrected chi connectivity index (χ0v) is 16.8. The largest absolute Gasteiger partial charge is 0.484 e. The van der Waals surface area contributed by atoms with E-state index < -0.39 is 0 Å². The molecule has 2 aliphatic rings. The number of likely N-dealkylation sites (tertiary alicyclic amines) is 1. The molecule has 5 nitrogen and oxygen atoms in total. The molecular formula is C24H28N2O3. The highest BCUT2D eigenvalue weighted by atomic mass is 16.5. The molecule has 1 fully saturated rings. The minimum absolute atomic E-state index is 0.00552. The van der Waals surface area contributed by atoms with Gasteiger partial charge in [-0.1, -0.05) is 30.3 Å². The molecule has 0 atom stereocenters. The molecule has 0 spiro atoms. The van der Waals surface area contributed by atoms with Gasteiger partial charge in [0.2, 0.25) is 5.91 Å². The lowest BCUT2D eigenvalue weighted by Crippen LogP contribution is -2.29. The summed E-state index contributed by atoms with van der Waals surface area (Å²) in [6.07, 6.45) is 6.27. The molecule has 5 heteroatoms. The van der Waals surface area contributed by atoms with Crippen molar-refractivity contribution in [1.29, 1.82) is 0 Å². The molecule has 2 aromatic carbocycles. The zero-order chi connectivity index (χ0) is 20.1. The molecular weight excluding hydrogens is 364 g/mol. The molecule has 1 aliphatic carbocycles. The van der Waals surface area contributed by atoms with Crippen LogP contribution in [-0.2, 0) is 35.5 Å². The van der Waals surface area contributed by atoms with Crippen LogP contribution in [0.25, 0.3) is 0 Å². The Balaban J connectivity index is 1.29. The number of carbonyl (C=O) groups excluding carboxylic acids is 2. The Morgan fingerprint density at radius 3 is 2.55 bits per heavy atom. The summed E-state index contributed by atoms with van der Waals surface area (Å²) in [6, 6.07) is 14.1. The summed E-state index contributed by atoms with van der Waals surface area (Å²) in [5.74, 6) is 0.825. The molecule has 2 aromatic rings. The molecule has 4 rings (SSSR count). The van der Waals surface area contributed by atoms with Crippen LogP contribution in [0.2, 0.25) is 0 Å². The second-order valence-corrected chi connectivity index (χ2v) is 7.89. The van der Waals surface area contributed by atoms with Crippen LogP contribution in [0.1, 0.15) is 47.9 Å². The lowest BCUT2D eigenvalue weighted by molar-refractivity contribution is -0.128. The number of nitrogens with zero attached hydrogens (tertiary/aromatic N) is 1. The van der Waals surface area contributed by atoms with Crippen molar-refractivity contribution in [1.82, 2.24) is 10.2 Å². The first kappa shape index (κ1) is 19.5. The molecule has 1 heterocycles. The van der Waals surface area contributed by atoms with Crippen LogP contribution in [0.3, 0.4) is 0 Å². The quantitative estimate of drug-likeness (QED) is 0.786. The van der Waals surface area contributed by atoms with Gasteiger partial charge in [-0.15, -0.1) is 0 Å². The predicted molar refractivity (Wildman–Crippen MR) is 112 cm³/mol. The highest BCUT2D eigenvalue weighted by Gasteiger charge is 2.21. The fourth-order valence-corrected chi connectivity index (χ4v) is 4.15. The van der Waals surface area contributed by atoms with Crippen LogP contribution in [0.5, 0.6) is 5.75 Å². The molecule has 152 valence electrons. The Hall–Kier alpha value is -2.82. The van der Waals surface area contributed by atoms with E-state index in [1.165, 1.54) is 24.0 Å². The van der Waals surface area contributed by atoms with Crippen LogP contribution in [0, 0.1) is 0 Å². The van der Waals surface area contributed by atoms with E-state index in [0.29, 0.717) is 19.5 Å². The van der Waals surface area contributed by atoms with E-state index >= 15 is 0 Å². The third kappa shape index (κ3) is 4.97. The first-order valence-electron chi connectivity index (χ1n) is 10.5. The van der Waals surface area contributed by atoms with Crippen molar-refractivity contribution < 1.29 is 14.3 Å². The third-order valence-electron chi connectivity index (χ3n) is 5.82. The smallest absolute Gasteiger partial charge is 0.258 e. The summed E-state index contributed by atoms with van der Waals surface area (Å²) in [5, 5.41) is 2.94. The summed E-state index contributed by atoms with van der Waals surface area (Å²) in [4.78, 5) is 26.1. The summed E-state index contributed by atoms with van der Waals surface area (Å²) in [7, 11) is 0. The monoisotopic (exact) mass is 392 g/mol. The van der Waals surface area contributed by atoms with Gasteiger partial charge in [-0.05, 0) is 66.5 Å². The summed E-state index contributed by atoms with van der Waals surface area (Å²) in [5.41, 5.74) is 4.87. The number of fused-ring (bicyclic) bond motifs is 1. The number of ether oxygens (including phenoxy) is 1. The fraction of sp³-hybridized carbons (Fsp3) is 0.417. The van der Waals surface area contributed by atoms with E-state index in [0.717, 1.165) is 42.7 Å².